The first-order valence-corrected chi connectivity index (χ1v) is 11.0. The molecule has 29 heavy (non-hydrogen) atoms. The lowest BCUT2D eigenvalue weighted by Gasteiger charge is -2.31. The topological polar surface area (TPSA) is 46.1 Å². The van der Waals surface area contributed by atoms with Gasteiger partial charge in [-0.2, -0.15) is 0 Å². The van der Waals surface area contributed by atoms with Crippen molar-refractivity contribution in [2.45, 2.75) is 39.7 Å². The summed E-state index contributed by atoms with van der Waals surface area (Å²) in [5.41, 5.74) is 2.55. The Hall–Kier alpha value is -2.24. The summed E-state index contributed by atoms with van der Waals surface area (Å²) >= 11 is 7.49. The minimum absolute atomic E-state index is 0.0315. The number of carbonyl (C=O) groups excluding carboxylic acids is 1. The van der Waals surface area contributed by atoms with Gasteiger partial charge in [0.2, 0.25) is 0 Å². The third kappa shape index (κ3) is 5.22. The van der Waals surface area contributed by atoms with Gasteiger partial charge in [-0.3, -0.25) is 9.78 Å². The van der Waals surface area contributed by atoms with E-state index in [-0.39, 0.29) is 11.9 Å². The molecule has 1 amide bonds. The first-order chi connectivity index (χ1) is 13.9. The molecule has 6 heteroatoms. The summed E-state index contributed by atoms with van der Waals surface area (Å²) in [6.07, 6.45) is 3.29. The molecule has 0 aliphatic rings. The molecule has 0 N–H and O–H groups in total. The van der Waals surface area contributed by atoms with E-state index in [4.69, 9.17) is 11.6 Å². The Morgan fingerprint density at radius 2 is 1.90 bits per heavy atom. The van der Waals surface area contributed by atoms with Crippen LogP contribution < -0.4 is 0 Å². The lowest BCUT2D eigenvalue weighted by Crippen LogP contribution is -2.41. The molecule has 0 fully saturated rings. The second kappa shape index (κ2) is 9.51. The highest BCUT2D eigenvalue weighted by Gasteiger charge is 2.28. The summed E-state index contributed by atoms with van der Waals surface area (Å²) in [5, 5.41) is 1.53. The molecule has 0 unspecified atom stereocenters. The molecule has 0 bridgehead atoms. The molecule has 0 aliphatic carbocycles. The van der Waals surface area contributed by atoms with Gasteiger partial charge in [0.15, 0.2) is 0 Å². The number of carbonyl (C=O) groups is 1. The number of thiazole rings is 1. The van der Waals surface area contributed by atoms with Crippen LogP contribution in [0.4, 0.5) is 0 Å². The second-order valence-electron chi connectivity index (χ2n) is 7.51. The van der Waals surface area contributed by atoms with Gasteiger partial charge in [0, 0.05) is 25.0 Å². The van der Waals surface area contributed by atoms with Gasteiger partial charge in [-0.1, -0.05) is 55.8 Å². The maximum atomic E-state index is 13.4. The third-order valence-corrected chi connectivity index (χ3v) is 6.29. The van der Waals surface area contributed by atoms with E-state index in [0.29, 0.717) is 16.6 Å². The van der Waals surface area contributed by atoms with E-state index >= 15 is 0 Å². The van der Waals surface area contributed by atoms with Crippen molar-refractivity contribution < 1.29 is 4.79 Å². The van der Waals surface area contributed by atoms with Gasteiger partial charge in [0.1, 0.15) is 5.69 Å². The van der Waals surface area contributed by atoms with Gasteiger partial charge in [0.05, 0.1) is 14.9 Å². The van der Waals surface area contributed by atoms with Gasteiger partial charge in [0.25, 0.3) is 5.91 Å². The van der Waals surface area contributed by atoms with E-state index in [1.165, 1.54) is 0 Å². The van der Waals surface area contributed by atoms with Crippen molar-refractivity contribution in [3.63, 3.8) is 0 Å². The monoisotopic (exact) mass is 427 g/mol. The molecule has 0 spiro atoms. The fourth-order valence-corrected chi connectivity index (χ4v) is 4.53. The third-order valence-electron chi connectivity index (χ3n) is 5.04. The highest BCUT2D eigenvalue weighted by Crippen LogP contribution is 2.31. The highest BCUT2D eigenvalue weighted by atomic mass is 35.5. The average Bonchev–Trinajstić information content (AvgIpc) is 3.11. The molecular weight excluding hydrogens is 402 g/mol. The smallest absolute Gasteiger partial charge is 0.273 e. The van der Waals surface area contributed by atoms with Crippen molar-refractivity contribution in [1.29, 1.82) is 0 Å². The normalized spacial score (nSPS) is 12.2. The Kier molecular flexibility index (Phi) is 7.04. The number of halogens is 1. The number of aryl methyl sites for hydroxylation is 2. The molecule has 3 rings (SSSR count). The van der Waals surface area contributed by atoms with Crippen LogP contribution >= 0.6 is 22.9 Å². The summed E-state index contributed by atoms with van der Waals surface area (Å²) in [4.78, 5) is 25.1. The van der Waals surface area contributed by atoms with Gasteiger partial charge >= 0.3 is 0 Å². The molecule has 0 aliphatic heterocycles. The molecule has 2 heterocycles. The number of aromatic nitrogens is 2. The van der Waals surface area contributed by atoms with Gasteiger partial charge in [-0.25, -0.2) is 4.98 Å². The molecule has 0 saturated heterocycles. The van der Waals surface area contributed by atoms with E-state index in [9.17, 15) is 4.79 Å². The van der Waals surface area contributed by atoms with Crippen LogP contribution in [0.5, 0.6) is 0 Å². The van der Waals surface area contributed by atoms with Crippen molar-refractivity contribution in [3.05, 3.63) is 70.1 Å². The van der Waals surface area contributed by atoms with Crippen LogP contribution in [0.15, 0.2) is 48.7 Å². The predicted octanol–water partition coefficient (Wildman–Crippen LogP) is 5.90. The molecule has 1 atom stereocenters. The summed E-state index contributed by atoms with van der Waals surface area (Å²) in [5.74, 6) is 0.284. The Bertz CT molecular complexity index is 954. The fraction of sp³-hybridized carbons (Fsp3) is 0.348. The van der Waals surface area contributed by atoms with E-state index in [2.05, 4.69) is 23.8 Å². The number of hydrogen-bond acceptors (Lipinski definition) is 4. The van der Waals surface area contributed by atoms with Crippen molar-refractivity contribution in [1.82, 2.24) is 14.9 Å². The molecule has 4 nitrogen and oxygen atoms in total. The predicted molar refractivity (Wildman–Crippen MR) is 121 cm³/mol. The van der Waals surface area contributed by atoms with E-state index < -0.39 is 0 Å². The SMILES string of the molecule is Cc1nc(C(=O)N(C)[C@H](CCc2ccc(Cl)cn2)C(C)C)c(-c2ccccc2)s1. The van der Waals surface area contributed by atoms with Crippen molar-refractivity contribution in [2.75, 3.05) is 7.05 Å². The Morgan fingerprint density at radius 3 is 2.52 bits per heavy atom. The molecular formula is C23H26ClN3OS. The Morgan fingerprint density at radius 1 is 1.17 bits per heavy atom. The summed E-state index contributed by atoms with van der Waals surface area (Å²) in [6.45, 7) is 6.24. The minimum atomic E-state index is -0.0315. The zero-order valence-electron chi connectivity index (χ0n) is 17.2. The zero-order chi connectivity index (χ0) is 21.0. The first-order valence-electron chi connectivity index (χ1n) is 9.77. The molecule has 2 aromatic heterocycles. The zero-order valence-corrected chi connectivity index (χ0v) is 18.8. The van der Waals surface area contributed by atoms with Crippen LogP contribution in [-0.2, 0) is 6.42 Å². The quantitative estimate of drug-likeness (QED) is 0.471. The van der Waals surface area contributed by atoms with E-state index in [0.717, 1.165) is 34.0 Å². The van der Waals surface area contributed by atoms with Crippen LogP contribution in [0.3, 0.4) is 0 Å². The maximum absolute atomic E-state index is 13.4. The Balaban J connectivity index is 1.81. The number of pyridine rings is 1. The number of amides is 1. The standard InChI is InChI=1S/C23H26ClN3OS/c1-15(2)20(13-12-19-11-10-18(24)14-25-19)27(4)23(28)21-22(29-16(3)26-21)17-8-6-5-7-9-17/h5-11,14-15,20H,12-13H2,1-4H3/t20-/m1/s1. The van der Waals surface area contributed by atoms with Crippen LogP contribution in [0.2, 0.25) is 5.02 Å². The van der Waals surface area contributed by atoms with E-state index in [1.54, 1.807) is 17.5 Å². The molecule has 1 aromatic carbocycles. The largest absolute Gasteiger partial charge is 0.337 e. The molecule has 0 saturated carbocycles. The van der Waals surface area contributed by atoms with Crippen molar-refractivity contribution in [3.8, 4) is 10.4 Å². The first kappa shape index (κ1) is 21.5. The number of benzene rings is 1. The summed E-state index contributed by atoms with van der Waals surface area (Å²) in [7, 11) is 1.88. The average molecular weight is 428 g/mol. The summed E-state index contributed by atoms with van der Waals surface area (Å²) in [6, 6.07) is 13.9. The van der Waals surface area contributed by atoms with Crippen molar-refractivity contribution in [2.24, 2.45) is 5.92 Å². The van der Waals surface area contributed by atoms with Gasteiger partial charge in [-0.15, -0.1) is 11.3 Å². The van der Waals surface area contributed by atoms with Crippen LogP contribution in [0.1, 0.15) is 41.5 Å². The number of hydrogen-bond donors (Lipinski definition) is 0. The van der Waals surface area contributed by atoms with Gasteiger partial charge in [-0.05, 0) is 43.4 Å². The lowest BCUT2D eigenvalue weighted by molar-refractivity contribution is 0.0674. The lowest BCUT2D eigenvalue weighted by atomic mass is 9.96. The van der Waals surface area contributed by atoms with Crippen LogP contribution in [0.25, 0.3) is 10.4 Å². The fourth-order valence-electron chi connectivity index (χ4n) is 3.50. The molecule has 0 radical (unpaired) electrons. The highest BCUT2D eigenvalue weighted by molar-refractivity contribution is 7.15. The van der Waals surface area contributed by atoms with E-state index in [1.807, 2.05) is 61.3 Å². The number of rotatable bonds is 7. The maximum Gasteiger partial charge on any atom is 0.273 e. The molecule has 152 valence electrons. The van der Waals surface area contributed by atoms with Crippen molar-refractivity contribution >= 4 is 28.8 Å². The Labute approximate surface area is 181 Å². The van der Waals surface area contributed by atoms with Crippen LogP contribution in [-0.4, -0.2) is 33.9 Å². The summed E-state index contributed by atoms with van der Waals surface area (Å²) < 4.78 is 0. The minimum Gasteiger partial charge on any atom is -0.337 e. The number of nitrogens with zero attached hydrogens (tertiary/aromatic N) is 3. The molecule has 3 aromatic rings. The second-order valence-corrected chi connectivity index (χ2v) is 9.15. The van der Waals surface area contributed by atoms with Crippen LogP contribution in [0, 0.1) is 12.8 Å². The van der Waals surface area contributed by atoms with Gasteiger partial charge < -0.3 is 4.90 Å².